The van der Waals surface area contributed by atoms with Gasteiger partial charge in [-0.1, -0.05) is 0 Å². The van der Waals surface area contributed by atoms with Crippen molar-refractivity contribution >= 4 is 17.5 Å². The van der Waals surface area contributed by atoms with Gasteiger partial charge in [0.2, 0.25) is 11.7 Å². The number of alkyl halides is 3. The molecule has 0 fully saturated rings. The molecule has 0 saturated carbocycles. The molecular formula is C12H18F3N5O. The maximum Gasteiger partial charge on any atom is 0.451 e. The molecule has 0 bridgehead atoms. The van der Waals surface area contributed by atoms with E-state index >= 15 is 0 Å². The van der Waals surface area contributed by atoms with Crippen molar-refractivity contribution in [1.29, 1.82) is 0 Å². The molecular weight excluding hydrogens is 287 g/mol. The van der Waals surface area contributed by atoms with Crippen LogP contribution in [0.15, 0.2) is 6.07 Å². The third-order valence-electron chi connectivity index (χ3n) is 2.72. The highest BCUT2D eigenvalue weighted by Gasteiger charge is 2.35. The number of nitrogens with one attached hydrogen (secondary N) is 2. The Morgan fingerprint density at radius 1 is 1.24 bits per heavy atom. The molecule has 1 amide bonds. The summed E-state index contributed by atoms with van der Waals surface area (Å²) in [6.45, 7) is 5.38. The third-order valence-corrected chi connectivity index (χ3v) is 2.72. The van der Waals surface area contributed by atoms with E-state index in [-0.39, 0.29) is 18.2 Å². The summed E-state index contributed by atoms with van der Waals surface area (Å²) < 4.78 is 38.2. The molecule has 1 heterocycles. The van der Waals surface area contributed by atoms with Crippen molar-refractivity contribution in [3.8, 4) is 0 Å². The number of aromatic nitrogens is 2. The quantitative estimate of drug-likeness (QED) is 0.746. The second-order valence-electron chi connectivity index (χ2n) is 5.09. The van der Waals surface area contributed by atoms with Gasteiger partial charge in [-0.2, -0.15) is 13.2 Å². The maximum absolute atomic E-state index is 12.7. The number of primary amides is 1. The Balaban J connectivity index is 3.01. The molecule has 21 heavy (non-hydrogen) atoms. The fourth-order valence-corrected chi connectivity index (χ4v) is 1.33. The number of anilines is 2. The van der Waals surface area contributed by atoms with E-state index in [4.69, 9.17) is 5.73 Å². The molecule has 0 aliphatic carbocycles. The van der Waals surface area contributed by atoms with Crippen LogP contribution in [0.2, 0.25) is 0 Å². The van der Waals surface area contributed by atoms with E-state index in [9.17, 15) is 18.0 Å². The van der Waals surface area contributed by atoms with Crippen molar-refractivity contribution < 1.29 is 18.0 Å². The van der Waals surface area contributed by atoms with Gasteiger partial charge in [0.15, 0.2) is 0 Å². The van der Waals surface area contributed by atoms with Gasteiger partial charge in [-0.25, -0.2) is 9.97 Å². The summed E-state index contributed by atoms with van der Waals surface area (Å²) in [5, 5.41) is 5.38. The molecule has 0 aliphatic heterocycles. The molecule has 0 aliphatic rings. The highest BCUT2D eigenvalue weighted by atomic mass is 19.4. The SMILES string of the molecule is CCNc1cc(NCC(C)(C)C(N)=O)nc(C(F)(F)F)n1. The molecule has 1 aromatic heterocycles. The molecule has 4 N–H and O–H groups in total. The fourth-order valence-electron chi connectivity index (χ4n) is 1.33. The summed E-state index contributed by atoms with van der Waals surface area (Å²) in [5.74, 6) is -1.78. The van der Waals surface area contributed by atoms with Crippen molar-refractivity contribution in [3.63, 3.8) is 0 Å². The van der Waals surface area contributed by atoms with Gasteiger partial charge < -0.3 is 16.4 Å². The molecule has 0 spiro atoms. The van der Waals surface area contributed by atoms with E-state index in [1.807, 2.05) is 0 Å². The van der Waals surface area contributed by atoms with Crippen LogP contribution in [0, 0.1) is 5.41 Å². The summed E-state index contributed by atoms with van der Waals surface area (Å²) in [4.78, 5) is 18.0. The lowest BCUT2D eigenvalue weighted by Crippen LogP contribution is -2.37. The molecule has 1 aromatic rings. The first-order valence-electron chi connectivity index (χ1n) is 6.30. The Hall–Kier alpha value is -2.06. The highest BCUT2D eigenvalue weighted by Crippen LogP contribution is 2.28. The van der Waals surface area contributed by atoms with E-state index < -0.39 is 23.3 Å². The van der Waals surface area contributed by atoms with Crippen LogP contribution >= 0.6 is 0 Å². The van der Waals surface area contributed by atoms with Crippen molar-refractivity contribution in [2.75, 3.05) is 23.7 Å². The molecule has 0 aromatic carbocycles. The minimum atomic E-state index is -4.65. The summed E-state index contributed by atoms with van der Waals surface area (Å²) in [7, 11) is 0. The molecule has 118 valence electrons. The summed E-state index contributed by atoms with van der Waals surface area (Å²) in [5.41, 5.74) is 4.29. The van der Waals surface area contributed by atoms with Gasteiger partial charge in [-0.3, -0.25) is 4.79 Å². The van der Waals surface area contributed by atoms with Crippen LogP contribution in [0.4, 0.5) is 24.8 Å². The smallest absolute Gasteiger partial charge is 0.370 e. The average molecular weight is 305 g/mol. The maximum atomic E-state index is 12.7. The van der Waals surface area contributed by atoms with E-state index in [2.05, 4.69) is 20.6 Å². The van der Waals surface area contributed by atoms with E-state index in [0.29, 0.717) is 6.54 Å². The van der Waals surface area contributed by atoms with Crippen molar-refractivity contribution in [1.82, 2.24) is 9.97 Å². The van der Waals surface area contributed by atoms with Crippen molar-refractivity contribution in [3.05, 3.63) is 11.9 Å². The van der Waals surface area contributed by atoms with Crippen LogP contribution in [0.25, 0.3) is 0 Å². The van der Waals surface area contributed by atoms with Crippen molar-refractivity contribution in [2.45, 2.75) is 26.9 Å². The number of rotatable bonds is 6. The molecule has 0 unspecified atom stereocenters. The molecule has 0 radical (unpaired) electrons. The first kappa shape index (κ1) is 17.0. The minimum absolute atomic E-state index is 0.0254. The van der Waals surface area contributed by atoms with Gasteiger partial charge in [0.25, 0.3) is 0 Å². The lowest BCUT2D eigenvalue weighted by Gasteiger charge is -2.21. The van der Waals surface area contributed by atoms with Crippen LogP contribution in [0.5, 0.6) is 0 Å². The summed E-state index contributed by atoms with van der Waals surface area (Å²) in [6, 6.07) is 1.34. The lowest BCUT2D eigenvalue weighted by atomic mass is 9.93. The number of nitrogens with zero attached hydrogens (tertiary/aromatic N) is 2. The number of carbonyl (C=O) groups excluding carboxylic acids is 1. The van der Waals surface area contributed by atoms with Crippen LogP contribution < -0.4 is 16.4 Å². The Morgan fingerprint density at radius 3 is 2.19 bits per heavy atom. The van der Waals surface area contributed by atoms with Gasteiger partial charge in [-0.15, -0.1) is 0 Å². The number of carbonyl (C=O) groups is 1. The molecule has 9 heteroatoms. The Kier molecular flexibility index (Phi) is 4.97. The minimum Gasteiger partial charge on any atom is -0.370 e. The third kappa shape index (κ3) is 4.76. The van der Waals surface area contributed by atoms with Gasteiger partial charge in [0.1, 0.15) is 11.6 Å². The normalized spacial score (nSPS) is 12.1. The largest absolute Gasteiger partial charge is 0.451 e. The average Bonchev–Trinajstić information content (AvgIpc) is 2.35. The van der Waals surface area contributed by atoms with Gasteiger partial charge in [0.05, 0.1) is 5.41 Å². The number of nitrogens with two attached hydrogens (primary N) is 1. The number of halogens is 3. The fraction of sp³-hybridized carbons (Fsp3) is 0.583. The number of hydrogen-bond donors (Lipinski definition) is 3. The second-order valence-corrected chi connectivity index (χ2v) is 5.09. The van der Waals surface area contributed by atoms with Crippen molar-refractivity contribution in [2.24, 2.45) is 11.1 Å². The van der Waals surface area contributed by atoms with E-state index in [1.165, 1.54) is 6.07 Å². The van der Waals surface area contributed by atoms with E-state index in [1.54, 1.807) is 20.8 Å². The first-order chi connectivity index (χ1) is 9.56. The summed E-state index contributed by atoms with van der Waals surface area (Å²) >= 11 is 0. The second kappa shape index (κ2) is 6.15. The Morgan fingerprint density at radius 2 is 1.76 bits per heavy atom. The monoisotopic (exact) mass is 305 g/mol. The zero-order valence-electron chi connectivity index (χ0n) is 12.0. The standard InChI is InChI=1S/C12H18F3N5O/c1-4-17-7-5-8(18-6-11(2,3)9(16)21)20-10(19-7)12(13,14)15/h5H,4,6H2,1-3H3,(H2,16,21)(H2,17,18,19,20). The highest BCUT2D eigenvalue weighted by molar-refractivity contribution is 5.80. The molecule has 1 rings (SSSR count). The predicted octanol–water partition coefficient (Wildman–Crippen LogP) is 1.85. The van der Waals surface area contributed by atoms with E-state index in [0.717, 1.165) is 0 Å². The Labute approximate surface area is 120 Å². The van der Waals surface area contributed by atoms with Crippen LogP contribution in [-0.2, 0) is 11.0 Å². The molecule has 0 saturated heterocycles. The summed E-state index contributed by atoms with van der Waals surface area (Å²) in [6.07, 6.45) is -4.65. The van der Waals surface area contributed by atoms with Crippen LogP contribution in [0.1, 0.15) is 26.6 Å². The lowest BCUT2D eigenvalue weighted by molar-refractivity contribution is -0.144. The Bertz CT molecular complexity index is 516. The van der Waals surface area contributed by atoms with Crippen LogP contribution in [-0.4, -0.2) is 29.0 Å². The molecule has 0 atom stereocenters. The zero-order valence-corrected chi connectivity index (χ0v) is 12.0. The first-order valence-corrected chi connectivity index (χ1v) is 6.30. The predicted molar refractivity (Wildman–Crippen MR) is 72.7 cm³/mol. The van der Waals surface area contributed by atoms with Gasteiger partial charge in [0, 0.05) is 19.2 Å². The number of hydrogen-bond acceptors (Lipinski definition) is 5. The number of amides is 1. The van der Waals surface area contributed by atoms with Gasteiger partial charge >= 0.3 is 6.18 Å². The topological polar surface area (TPSA) is 92.9 Å². The molecule has 6 nitrogen and oxygen atoms in total. The van der Waals surface area contributed by atoms with Gasteiger partial charge in [-0.05, 0) is 20.8 Å². The van der Waals surface area contributed by atoms with Crippen LogP contribution in [0.3, 0.4) is 0 Å². The zero-order chi connectivity index (χ0) is 16.3.